The molecule has 0 rings (SSSR count). The van der Waals surface area contributed by atoms with E-state index in [2.05, 4.69) is 31.4 Å². The Morgan fingerprint density at radius 1 is 1.00 bits per heavy atom. The smallest absolute Gasteiger partial charge is 0.0141 e. The molecule has 0 aliphatic heterocycles. The summed E-state index contributed by atoms with van der Waals surface area (Å²) in [5, 5.41) is 3.28. The summed E-state index contributed by atoms with van der Waals surface area (Å²) in [7, 11) is 0. The summed E-state index contributed by atoms with van der Waals surface area (Å²) in [5.41, 5.74) is 0. The summed E-state index contributed by atoms with van der Waals surface area (Å²) in [6.45, 7) is 5.54. The number of unbranched alkanes of at least 4 members (excludes halogenated alkanes) is 4. The van der Waals surface area contributed by atoms with Gasteiger partial charge in [-0.2, -0.15) is 0 Å². The molecule has 0 saturated heterocycles. The summed E-state index contributed by atoms with van der Waals surface area (Å²) in [6, 6.07) is 0. The van der Waals surface area contributed by atoms with Gasteiger partial charge in [0.15, 0.2) is 0 Å². The van der Waals surface area contributed by atoms with Crippen molar-refractivity contribution in [3.8, 4) is 0 Å². The van der Waals surface area contributed by atoms with Crippen molar-refractivity contribution in [2.45, 2.75) is 52.4 Å². The lowest BCUT2D eigenvalue weighted by molar-refractivity contribution is 0.618. The van der Waals surface area contributed by atoms with Gasteiger partial charge in [-0.25, -0.2) is 0 Å². The first-order valence-corrected chi connectivity index (χ1v) is 5.30. The Morgan fingerprint density at radius 2 is 1.75 bits per heavy atom. The highest BCUT2D eigenvalue weighted by molar-refractivity contribution is 4.77. The van der Waals surface area contributed by atoms with Gasteiger partial charge in [-0.1, -0.05) is 45.6 Å². The predicted molar refractivity (Wildman–Crippen MR) is 56.2 cm³/mol. The Balaban J connectivity index is 2.86. The van der Waals surface area contributed by atoms with Gasteiger partial charge in [-0.15, -0.1) is 0 Å². The fourth-order valence-corrected chi connectivity index (χ4v) is 1.12. The molecule has 1 heteroatoms. The van der Waals surface area contributed by atoms with Gasteiger partial charge in [-0.05, 0) is 19.0 Å². The van der Waals surface area contributed by atoms with Crippen molar-refractivity contribution in [3.63, 3.8) is 0 Å². The van der Waals surface area contributed by atoms with Crippen LogP contribution >= 0.6 is 0 Å². The van der Waals surface area contributed by atoms with Crippen LogP contribution in [0.1, 0.15) is 52.4 Å². The zero-order chi connectivity index (χ0) is 9.07. The Morgan fingerprint density at radius 3 is 2.42 bits per heavy atom. The number of hydrogen-bond donors (Lipinski definition) is 1. The molecule has 0 aromatic carbocycles. The Labute approximate surface area is 77.2 Å². The zero-order valence-electron chi connectivity index (χ0n) is 8.60. The average molecular weight is 169 g/mol. The summed E-state index contributed by atoms with van der Waals surface area (Å²) in [6.07, 6.45) is 12.2. The van der Waals surface area contributed by atoms with Crippen molar-refractivity contribution in [1.29, 1.82) is 0 Å². The standard InChI is InChI=1S/C11H23N/c1-3-5-7-8-9-11-12-10-6-4-2/h6,10,12H,3-5,7-9,11H2,1-2H3. The quantitative estimate of drug-likeness (QED) is 0.549. The fraction of sp³-hybridized carbons (Fsp3) is 0.818. The van der Waals surface area contributed by atoms with Gasteiger partial charge in [0.2, 0.25) is 0 Å². The molecule has 0 atom stereocenters. The molecule has 0 spiro atoms. The highest BCUT2D eigenvalue weighted by Crippen LogP contribution is 2.00. The monoisotopic (exact) mass is 169 g/mol. The number of hydrogen-bond acceptors (Lipinski definition) is 1. The van der Waals surface area contributed by atoms with E-state index in [0.717, 1.165) is 13.0 Å². The first-order chi connectivity index (χ1) is 5.91. The van der Waals surface area contributed by atoms with Crippen molar-refractivity contribution in [3.05, 3.63) is 12.3 Å². The van der Waals surface area contributed by atoms with Crippen molar-refractivity contribution in [2.75, 3.05) is 6.54 Å². The first kappa shape index (κ1) is 11.5. The van der Waals surface area contributed by atoms with E-state index < -0.39 is 0 Å². The molecule has 0 fully saturated rings. The third-order valence-corrected chi connectivity index (χ3v) is 1.90. The van der Waals surface area contributed by atoms with Gasteiger partial charge in [0.05, 0.1) is 0 Å². The van der Waals surface area contributed by atoms with Crippen molar-refractivity contribution in [2.24, 2.45) is 0 Å². The largest absolute Gasteiger partial charge is 0.391 e. The topological polar surface area (TPSA) is 12.0 Å². The molecule has 0 aromatic heterocycles. The minimum atomic E-state index is 1.13. The number of nitrogens with one attached hydrogen (secondary N) is 1. The van der Waals surface area contributed by atoms with Gasteiger partial charge < -0.3 is 5.32 Å². The lowest BCUT2D eigenvalue weighted by Crippen LogP contribution is -2.06. The minimum absolute atomic E-state index is 1.13. The average Bonchev–Trinajstić information content (AvgIpc) is 2.10. The van der Waals surface area contributed by atoms with E-state index in [9.17, 15) is 0 Å². The molecule has 1 nitrogen and oxygen atoms in total. The van der Waals surface area contributed by atoms with Crippen LogP contribution in [-0.2, 0) is 0 Å². The maximum Gasteiger partial charge on any atom is 0.0141 e. The SMILES string of the molecule is CCC=CNCCCCCCC. The third kappa shape index (κ3) is 9.54. The van der Waals surface area contributed by atoms with Crippen molar-refractivity contribution >= 4 is 0 Å². The van der Waals surface area contributed by atoms with Gasteiger partial charge in [0.25, 0.3) is 0 Å². The number of rotatable bonds is 8. The van der Waals surface area contributed by atoms with Crippen molar-refractivity contribution < 1.29 is 0 Å². The highest BCUT2D eigenvalue weighted by atomic mass is 14.8. The highest BCUT2D eigenvalue weighted by Gasteiger charge is 1.86. The van der Waals surface area contributed by atoms with E-state index >= 15 is 0 Å². The summed E-state index contributed by atoms with van der Waals surface area (Å²) < 4.78 is 0. The van der Waals surface area contributed by atoms with Crippen LogP contribution in [0.5, 0.6) is 0 Å². The van der Waals surface area contributed by atoms with E-state index in [-0.39, 0.29) is 0 Å². The molecule has 0 aromatic rings. The van der Waals surface area contributed by atoms with Crippen LogP contribution < -0.4 is 5.32 Å². The molecular formula is C11H23N. The van der Waals surface area contributed by atoms with E-state index in [1.165, 1.54) is 32.1 Å². The second kappa shape index (κ2) is 10.5. The van der Waals surface area contributed by atoms with E-state index in [0.29, 0.717) is 0 Å². The molecular weight excluding hydrogens is 146 g/mol. The molecule has 72 valence electrons. The maximum absolute atomic E-state index is 3.28. The van der Waals surface area contributed by atoms with E-state index in [4.69, 9.17) is 0 Å². The molecule has 0 radical (unpaired) electrons. The van der Waals surface area contributed by atoms with E-state index in [1.54, 1.807) is 0 Å². The van der Waals surface area contributed by atoms with Crippen LogP contribution in [0, 0.1) is 0 Å². The molecule has 0 saturated carbocycles. The summed E-state index contributed by atoms with van der Waals surface area (Å²) in [5.74, 6) is 0. The van der Waals surface area contributed by atoms with Crippen LogP contribution in [0.15, 0.2) is 12.3 Å². The predicted octanol–water partition coefficient (Wildman–Crippen LogP) is 3.47. The third-order valence-electron chi connectivity index (χ3n) is 1.90. The minimum Gasteiger partial charge on any atom is -0.391 e. The Kier molecular flexibility index (Phi) is 10.1. The summed E-state index contributed by atoms with van der Waals surface area (Å²) >= 11 is 0. The second-order valence-corrected chi connectivity index (χ2v) is 3.18. The van der Waals surface area contributed by atoms with Gasteiger partial charge in [0, 0.05) is 6.54 Å². The van der Waals surface area contributed by atoms with E-state index in [1.807, 2.05) is 0 Å². The van der Waals surface area contributed by atoms with Crippen LogP contribution in [-0.4, -0.2) is 6.54 Å². The van der Waals surface area contributed by atoms with Crippen molar-refractivity contribution in [1.82, 2.24) is 5.32 Å². The van der Waals surface area contributed by atoms with Crippen LogP contribution in [0.25, 0.3) is 0 Å². The van der Waals surface area contributed by atoms with Crippen LogP contribution in [0.2, 0.25) is 0 Å². The lowest BCUT2D eigenvalue weighted by atomic mass is 10.1. The maximum atomic E-state index is 3.28. The molecule has 0 amide bonds. The fourth-order valence-electron chi connectivity index (χ4n) is 1.12. The summed E-state index contributed by atoms with van der Waals surface area (Å²) in [4.78, 5) is 0. The molecule has 0 aliphatic rings. The molecule has 0 bridgehead atoms. The van der Waals surface area contributed by atoms with Gasteiger partial charge in [-0.3, -0.25) is 0 Å². The second-order valence-electron chi connectivity index (χ2n) is 3.18. The molecule has 0 aliphatic carbocycles. The van der Waals surface area contributed by atoms with Crippen LogP contribution in [0.4, 0.5) is 0 Å². The molecule has 12 heavy (non-hydrogen) atoms. The molecule has 0 unspecified atom stereocenters. The Hall–Kier alpha value is -0.460. The first-order valence-electron chi connectivity index (χ1n) is 5.30. The molecule has 1 N–H and O–H groups in total. The lowest BCUT2D eigenvalue weighted by Gasteiger charge is -1.99. The normalized spacial score (nSPS) is 10.8. The van der Waals surface area contributed by atoms with Crippen LogP contribution in [0.3, 0.4) is 0 Å². The van der Waals surface area contributed by atoms with Gasteiger partial charge >= 0.3 is 0 Å². The van der Waals surface area contributed by atoms with Gasteiger partial charge in [0.1, 0.15) is 0 Å². The Bertz CT molecular complexity index is 97.2. The zero-order valence-corrected chi connectivity index (χ0v) is 8.60. The molecule has 0 heterocycles. The number of allylic oxidation sites excluding steroid dienone is 1.